The van der Waals surface area contributed by atoms with Crippen LogP contribution in [0, 0.1) is 5.41 Å². The van der Waals surface area contributed by atoms with Crippen molar-refractivity contribution >= 4 is 11.9 Å². The third kappa shape index (κ3) is 12.9. The number of unbranched alkanes of at least 4 members (excludes halogenated alkanes) is 1. The van der Waals surface area contributed by atoms with Gasteiger partial charge in [0.15, 0.2) is 0 Å². The number of aliphatic hydroxyl groups is 1. The van der Waals surface area contributed by atoms with Gasteiger partial charge in [-0.05, 0) is 42.9 Å². The van der Waals surface area contributed by atoms with Crippen LogP contribution in [0.1, 0.15) is 70.7 Å². The van der Waals surface area contributed by atoms with Crippen LogP contribution in [0.2, 0.25) is 0 Å². The summed E-state index contributed by atoms with van der Waals surface area (Å²) in [5.41, 5.74) is 1.75. The van der Waals surface area contributed by atoms with Crippen molar-refractivity contribution in [3.05, 3.63) is 42.1 Å². The predicted octanol–water partition coefficient (Wildman–Crippen LogP) is 4.41. The van der Waals surface area contributed by atoms with Gasteiger partial charge in [-0.25, -0.2) is 4.79 Å². The average Bonchev–Trinajstić information content (AvgIpc) is 3.27. The van der Waals surface area contributed by atoms with Crippen molar-refractivity contribution in [2.24, 2.45) is 5.41 Å². The van der Waals surface area contributed by atoms with Crippen LogP contribution in [0.3, 0.4) is 0 Å². The topological polar surface area (TPSA) is 88.1 Å². The molecule has 1 aromatic rings. The quantitative estimate of drug-likeness (QED) is 0.416. The molecule has 1 aliphatic rings. The van der Waals surface area contributed by atoms with Gasteiger partial charge in [-0.15, -0.1) is 0 Å². The largest absolute Gasteiger partial charge is 0.494 e. The molecule has 0 aliphatic carbocycles. The van der Waals surface area contributed by atoms with Gasteiger partial charge in [0.2, 0.25) is 0 Å². The minimum absolute atomic E-state index is 0.194. The first-order valence-corrected chi connectivity index (χ1v) is 11.5. The van der Waals surface area contributed by atoms with Gasteiger partial charge in [0.1, 0.15) is 11.8 Å². The number of hydrogen-bond acceptors (Lipinski definition) is 6. The molecule has 0 radical (unpaired) electrons. The molecule has 1 aliphatic heterocycles. The lowest BCUT2D eigenvalue weighted by Crippen LogP contribution is -2.39. The molecule has 1 unspecified atom stereocenters. The molecule has 1 saturated heterocycles. The van der Waals surface area contributed by atoms with Gasteiger partial charge >= 0.3 is 5.97 Å². The molecule has 0 bridgehead atoms. The summed E-state index contributed by atoms with van der Waals surface area (Å²) in [6.45, 7) is 16.5. The summed E-state index contributed by atoms with van der Waals surface area (Å²) in [6, 6.07) is 6.83. The zero-order chi connectivity index (χ0) is 25.4. The van der Waals surface area contributed by atoms with E-state index in [1.165, 1.54) is 7.11 Å². The fraction of sp³-hybridized carbons (Fsp3) is 0.615. The minimum atomic E-state index is -0.306. The van der Waals surface area contributed by atoms with Crippen LogP contribution in [0.15, 0.2) is 36.5 Å². The Kier molecular flexibility index (Phi) is 14.9. The standard InChI is InChI=1S/C20H28N2O4.C5H12.CH4O/c1-4-5-12-26-17-9-6-8-16(13-17)19(23)21-14-15(2)22-11-7-10-18(22)20(24)25-3;1-5(2,3)4;1-2/h6,8-9,13,18H,2,4-5,7,10-12,14H2,1,3H3,(H,21,23);1-4H3;2H,1H3. The number of nitrogens with zero attached hydrogens (tertiary/aromatic N) is 1. The highest BCUT2D eigenvalue weighted by atomic mass is 16.5. The highest BCUT2D eigenvalue weighted by molar-refractivity contribution is 5.94. The lowest BCUT2D eigenvalue weighted by atomic mass is 10.0. The minimum Gasteiger partial charge on any atom is -0.494 e. The molecule has 7 heteroatoms. The Morgan fingerprint density at radius 3 is 2.45 bits per heavy atom. The number of nitrogens with one attached hydrogen (secondary N) is 1. The summed E-state index contributed by atoms with van der Waals surface area (Å²) in [6.07, 6.45) is 3.69. The van der Waals surface area contributed by atoms with Gasteiger partial charge in [-0.1, -0.05) is 53.7 Å². The van der Waals surface area contributed by atoms with E-state index in [4.69, 9.17) is 14.6 Å². The molecular weight excluding hydrogens is 420 g/mol. The van der Waals surface area contributed by atoms with Crippen LogP contribution in [-0.4, -0.2) is 61.8 Å². The maximum absolute atomic E-state index is 12.4. The average molecular weight is 465 g/mol. The summed E-state index contributed by atoms with van der Waals surface area (Å²) in [5.74, 6) is 0.239. The number of methoxy groups -OCH3 is 1. The maximum atomic E-state index is 12.4. The van der Waals surface area contributed by atoms with Gasteiger partial charge < -0.3 is 24.8 Å². The molecule has 1 aromatic carbocycles. The summed E-state index contributed by atoms with van der Waals surface area (Å²) in [7, 11) is 2.39. The maximum Gasteiger partial charge on any atom is 0.328 e. The van der Waals surface area contributed by atoms with Crippen LogP contribution in [0.25, 0.3) is 0 Å². The van der Waals surface area contributed by atoms with Gasteiger partial charge in [0, 0.05) is 24.9 Å². The monoisotopic (exact) mass is 464 g/mol. The summed E-state index contributed by atoms with van der Waals surface area (Å²) in [5, 5.41) is 9.86. The van der Waals surface area contributed by atoms with E-state index >= 15 is 0 Å². The lowest BCUT2D eigenvalue weighted by Gasteiger charge is -2.26. The van der Waals surface area contributed by atoms with E-state index in [2.05, 4.69) is 46.5 Å². The van der Waals surface area contributed by atoms with Crippen molar-refractivity contribution in [1.29, 1.82) is 0 Å². The zero-order valence-electron chi connectivity index (χ0n) is 21.6. The molecule has 2 rings (SSSR count). The summed E-state index contributed by atoms with van der Waals surface area (Å²) < 4.78 is 10.5. The number of likely N-dealkylation sites (tertiary alicyclic amines) is 1. The zero-order valence-corrected chi connectivity index (χ0v) is 21.6. The molecular formula is C26H44N2O5. The third-order valence-corrected chi connectivity index (χ3v) is 4.45. The van der Waals surface area contributed by atoms with Crippen molar-refractivity contribution in [3.8, 4) is 5.75 Å². The Hall–Kier alpha value is -2.54. The first-order valence-electron chi connectivity index (χ1n) is 11.5. The number of esters is 1. The normalized spacial score (nSPS) is 14.8. The first kappa shape index (κ1) is 30.5. The Bertz CT molecular complexity index is 722. The molecule has 1 amide bonds. The number of rotatable bonds is 9. The highest BCUT2D eigenvalue weighted by Gasteiger charge is 2.32. The van der Waals surface area contributed by atoms with E-state index in [1.54, 1.807) is 18.2 Å². The molecule has 2 N–H and O–H groups in total. The number of hydrogen-bond donors (Lipinski definition) is 2. The Balaban J connectivity index is 0.00000129. The van der Waals surface area contributed by atoms with Crippen LogP contribution >= 0.6 is 0 Å². The van der Waals surface area contributed by atoms with Crippen molar-refractivity contribution < 1.29 is 24.2 Å². The second-order valence-corrected chi connectivity index (χ2v) is 9.35. The molecule has 1 heterocycles. The van der Waals surface area contributed by atoms with E-state index in [0.717, 1.165) is 39.3 Å². The summed E-state index contributed by atoms with van der Waals surface area (Å²) in [4.78, 5) is 26.1. The van der Waals surface area contributed by atoms with E-state index < -0.39 is 0 Å². The number of carbonyl (C=O) groups is 2. The molecule has 0 saturated carbocycles. The number of aliphatic hydroxyl groups excluding tert-OH is 1. The number of benzene rings is 1. The van der Waals surface area contributed by atoms with Crippen molar-refractivity contribution in [2.45, 2.75) is 66.3 Å². The molecule has 0 aromatic heterocycles. The molecule has 7 nitrogen and oxygen atoms in total. The van der Waals surface area contributed by atoms with E-state index in [-0.39, 0.29) is 24.5 Å². The van der Waals surface area contributed by atoms with Crippen molar-refractivity contribution in [1.82, 2.24) is 10.2 Å². The Labute approximate surface area is 200 Å². The van der Waals surface area contributed by atoms with Crippen LogP contribution < -0.4 is 10.1 Å². The van der Waals surface area contributed by atoms with Gasteiger partial charge in [0.05, 0.1) is 20.3 Å². The van der Waals surface area contributed by atoms with Crippen LogP contribution in [0.5, 0.6) is 5.75 Å². The Morgan fingerprint density at radius 1 is 1.24 bits per heavy atom. The number of carbonyl (C=O) groups excluding carboxylic acids is 2. The molecule has 1 atom stereocenters. The van der Waals surface area contributed by atoms with E-state index in [9.17, 15) is 9.59 Å². The highest BCUT2D eigenvalue weighted by Crippen LogP contribution is 2.22. The van der Waals surface area contributed by atoms with Crippen LogP contribution in [0.4, 0.5) is 0 Å². The Morgan fingerprint density at radius 2 is 1.88 bits per heavy atom. The lowest BCUT2D eigenvalue weighted by molar-refractivity contribution is -0.145. The van der Waals surface area contributed by atoms with E-state index in [1.807, 2.05) is 11.0 Å². The molecule has 1 fully saturated rings. The number of amides is 1. The predicted molar refractivity (Wildman–Crippen MR) is 133 cm³/mol. The fourth-order valence-corrected chi connectivity index (χ4v) is 2.97. The third-order valence-electron chi connectivity index (χ3n) is 4.45. The van der Waals surface area contributed by atoms with Crippen molar-refractivity contribution in [3.63, 3.8) is 0 Å². The van der Waals surface area contributed by atoms with Crippen LogP contribution in [-0.2, 0) is 9.53 Å². The first-order chi connectivity index (χ1) is 15.6. The molecule has 33 heavy (non-hydrogen) atoms. The molecule has 188 valence electrons. The SMILES string of the molecule is C=C(CNC(=O)c1cccc(OCCCC)c1)N1CCCC1C(=O)OC.CC(C)(C)C.CO. The number of ether oxygens (including phenoxy) is 2. The molecule has 0 spiro atoms. The second-order valence-electron chi connectivity index (χ2n) is 9.35. The van der Waals surface area contributed by atoms with Gasteiger partial charge in [0.25, 0.3) is 5.91 Å². The fourth-order valence-electron chi connectivity index (χ4n) is 2.97. The smallest absolute Gasteiger partial charge is 0.328 e. The van der Waals surface area contributed by atoms with Crippen molar-refractivity contribution in [2.75, 3.05) is 33.9 Å². The van der Waals surface area contributed by atoms with E-state index in [0.29, 0.717) is 29.0 Å². The van der Waals surface area contributed by atoms with Gasteiger partial charge in [-0.3, -0.25) is 4.79 Å². The van der Waals surface area contributed by atoms with Gasteiger partial charge in [-0.2, -0.15) is 0 Å². The summed E-state index contributed by atoms with van der Waals surface area (Å²) >= 11 is 0. The second kappa shape index (κ2) is 16.1.